The molecule has 0 unspecified atom stereocenters. The number of hydrogen-bond acceptors (Lipinski definition) is 3. The van der Waals surface area contributed by atoms with Gasteiger partial charge in [0.1, 0.15) is 12.4 Å². The van der Waals surface area contributed by atoms with Gasteiger partial charge in [0.15, 0.2) is 0 Å². The van der Waals surface area contributed by atoms with Crippen molar-refractivity contribution in [2.45, 2.75) is 12.8 Å². The number of carbonyl (C=O) groups excluding carboxylic acids is 1. The van der Waals surface area contributed by atoms with E-state index in [4.69, 9.17) is 16.3 Å². The molecule has 0 saturated heterocycles. The molecule has 0 fully saturated rings. The second kappa shape index (κ2) is 10.5. The van der Waals surface area contributed by atoms with Crippen molar-refractivity contribution in [2.75, 3.05) is 0 Å². The maximum Gasteiger partial charge on any atom is 0.416 e. The van der Waals surface area contributed by atoms with Gasteiger partial charge in [0.2, 0.25) is 0 Å². The highest BCUT2D eigenvalue weighted by atomic mass is 79.9. The summed E-state index contributed by atoms with van der Waals surface area (Å²) in [6.45, 7) is 0.261. The smallest absolute Gasteiger partial charge is 0.416 e. The van der Waals surface area contributed by atoms with E-state index in [0.29, 0.717) is 25.3 Å². The molecule has 0 aliphatic carbocycles. The minimum atomic E-state index is -4.53. The number of rotatable bonds is 6. The van der Waals surface area contributed by atoms with E-state index >= 15 is 0 Å². The fourth-order valence-corrected chi connectivity index (χ4v) is 4.27. The number of amides is 1. The molecule has 3 aromatic rings. The Morgan fingerprint density at radius 3 is 2.41 bits per heavy atom. The monoisotopic (exact) mass is 588 g/mol. The summed E-state index contributed by atoms with van der Waals surface area (Å²) in [6, 6.07) is 14.9. The minimum absolute atomic E-state index is 0.150. The predicted molar refractivity (Wildman–Crippen MR) is 124 cm³/mol. The number of ether oxygens (including phenoxy) is 1. The van der Waals surface area contributed by atoms with Gasteiger partial charge in [-0.25, -0.2) is 5.43 Å². The van der Waals surface area contributed by atoms with Crippen LogP contribution in [0.3, 0.4) is 0 Å². The maximum atomic E-state index is 12.8. The third-order valence-corrected chi connectivity index (χ3v) is 5.73. The van der Waals surface area contributed by atoms with Crippen LogP contribution in [0.4, 0.5) is 13.2 Å². The van der Waals surface area contributed by atoms with E-state index in [1.807, 2.05) is 18.2 Å². The highest BCUT2D eigenvalue weighted by Crippen LogP contribution is 2.35. The zero-order chi connectivity index (χ0) is 23.3. The average molecular weight is 591 g/mol. The van der Waals surface area contributed by atoms with Crippen molar-refractivity contribution < 1.29 is 22.7 Å². The fraction of sp³-hybridized carbons (Fsp3) is 0.0909. The zero-order valence-electron chi connectivity index (χ0n) is 16.1. The molecule has 0 atom stereocenters. The summed E-state index contributed by atoms with van der Waals surface area (Å²) in [4.78, 5) is 12.1. The van der Waals surface area contributed by atoms with Gasteiger partial charge < -0.3 is 4.74 Å². The first kappa shape index (κ1) is 24.3. The van der Waals surface area contributed by atoms with Crippen LogP contribution in [0.2, 0.25) is 5.02 Å². The Balaban J connectivity index is 1.66. The largest absolute Gasteiger partial charge is 0.486 e. The van der Waals surface area contributed by atoms with Crippen molar-refractivity contribution in [3.05, 3.63) is 96.9 Å². The molecule has 0 aromatic heterocycles. The molecule has 32 heavy (non-hydrogen) atoms. The fourth-order valence-electron chi connectivity index (χ4n) is 2.62. The Kier molecular flexibility index (Phi) is 7.97. The lowest BCUT2D eigenvalue weighted by atomic mass is 10.1. The highest BCUT2D eigenvalue weighted by molar-refractivity contribution is 9.11. The molecule has 0 aliphatic heterocycles. The van der Waals surface area contributed by atoms with Crippen LogP contribution >= 0.6 is 43.5 Å². The average Bonchev–Trinajstić information content (AvgIpc) is 2.74. The molecule has 0 heterocycles. The molecule has 1 amide bonds. The van der Waals surface area contributed by atoms with Gasteiger partial charge in [-0.15, -0.1) is 0 Å². The Morgan fingerprint density at radius 2 is 1.75 bits per heavy atom. The van der Waals surface area contributed by atoms with E-state index < -0.39 is 17.6 Å². The molecule has 0 radical (unpaired) electrons. The third-order valence-electron chi connectivity index (χ3n) is 4.18. The summed E-state index contributed by atoms with van der Waals surface area (Å²) in [6.07, 6.45) is -3.17. The van der Waals surface area contributed by atoms with Crippen LogP contribution in [0.5, 0.6) is 5.75 Å². The number of nitrogens with zero attached hydrogens (tertiary/aromatic N) is 1. The van der Waals surface area contributed by atoms with Crippen molar-refractivity contribution in [1.82, 2.24) is 5.43 Å². The number of halogens is 6. The number of nitrogens with one attached hydrogen (secondary N) is 1. The van der Waals surface area contributed by atoms with Crippen molar-refractivity contribution in [3.63, 3.8) is 0 Å². The normalized spacial score (nSPS) is 11.6. The highest BCUT2D eigenvalue weighted by Gasteiger charge is 2.30. The first-order valence-corrected chi connectivity index (χ1v) is 11.0. The molecule has 4 nitrogen and oxygen atoms in total. The van der Waals surface area contributed by atoms with Gasteiger partial charge in [0.25, 0.3) is 5.91 Å². The van der Waals surface area contributed by atoms with Crippen LogP contribution in [0.25, 0.3) is 0 Å². The summed E-state index contributed by atoms with van der Waals surface area (Å²) >= 11 is 13.0. The van der Waals surface area contributed by atoms with Gasteiger partial charge in [-0.05, 0) is 73.8 Å². The summed E-state index contributed by atoms with van der Waals surface area (Å²) in [5.74, 6) is -0.208. The third kappa shape index (κ3) is 6.34. The van der Waals surface area contributed by atoms with E-state index in [2.05, 4.69) is 42.4 Å². The van der Waals surface area contributed by atoms with E-state index in [1.165, 1.54) is 12.3 Å². The van der Waals surface area contributed by atoms with E-state index in [1.54, 1.807) is 18.2 Å². The number of hydrogen-bond donors (Lipinski definition) is 1. The maximum absolute atomic E-state index is 12.8. The Morgan fingerprint density at radius 1 is 1.06 bits per heavy atom. The lowest BCUT2D eigenvalue weighted by molar-refractivity contribution is -0.137. The van der Waals surface area contributed by atoms with Gasteiger partial charge in [0, 0.05) is 16.1 Å². The molecule has 0 saturated carbocycles. The molecule has 3 rings (SSSR count). The summed E-state index contributed by atoms with van der Waals surface area (Å²) in [5, 5.41) is 4.42. The van der Waals surface area contributed by atoms with Gasteiger partial charge in [-0.3, -0.25) is 4.79 Å². The number of hydrazone groups is 1. The van der Waals surface area contributed by atoms with E-state index in [0.717, 1.165) is 23.8 Å². The van der Waals surface area contributed by atoms with Crippen LogP contribution < -0.4 is 10.2 Å². The van der Waals surface area contributed by atoms with Gasteiger partial charge in [-0.1, -0.05) is 35.9 Å². The predicted octanol–water partition coefficient (Wildman–Crippen LogP) is 7.23. The zero-order valence-corrected chi connectivity index (χ0v) is 20.0. The quantitative estimate of drug-likeness (QED) is 0.243. The van der Waals surface area contributed by atoms with Gasteiger partial charge >= 0.3 is 6.18 Å². The van der Waals surface area contributed by atoms with Crippen molar-refractivity contribution in [2.24, 2.45) is 5.10 Å². The number of benzene rings is 3. The van der Waals surface area contributed by atoms with Crippen molar-refractivity contribution in [3.8, 4) is 5.75 Å². The molecular weight excluding hydrogens is 577 g/mol. The Bertz CT molecular complexity index is 1150. The van der Waals surface area contributed by atoms with Crippen molar-refractivity contribution in [1.29, 1.82) is 0 Å². The van der Waals surface area contributed by atoms with Crippen LogP contribution in [-0.2, 0) is 12.8 Å². The number of alkyl halides is 3. The molecule has 166 valence electrons. The van der Waals surface area contributed by atoms with Crippen LogP contribution in [0.15, 0.2) is 74.7 Å². The Labute approximate surface area is 203 Å². The second-order valence-corrected chi connectivity index (χ2v) is 8.59. The Hall–Kier alpha value is -2.36. The molecule has 0 spiro atoms. The molecule has 1 N–H and O–H groups in total. The topological polar surface area (TPSA) is 50.7 Å². The van der Waals surface area contributed by atoms with E-state index in [9.17, 15) is 18.0 Å². The van der Waals surface area contributed by atoms with Crippen LogP contribution in [0, 0.1) is 0 Å². The first-order valence-electron chi connectivity index (χ1n) is 9.01. The number of carbonyl (C=O) groups is 1. The molecule has 0 aliphatic rings. The van der Waals surface area contributed by atoms with Crippen LogP contribution in [0.1, 0.15) is 27.0 Å². The SMILES string of the molecule is O=C(N/N=C\c1cc(Br)c(OCc2ccccc2Cl)c(Br)c1)c1cccc(C(F)(F)F)c1. The molecule has 0 bridgehead atoms. The second-order valence-electron chi connectivity index (χ2n) is 6.47. The lowest BCUT2D eigenvalue weighted by Crippen LogP contribution is -2.18. The minimum Gasteiger partial charge on any atom is -0.486 e. The first-order chi connectivity index (χ1) is 15.1. The lowest BCUT2D eigenvalue weighted by Gasteiger charge is -2.12. The molecule has 3 aromatic carbocycles. The molecule has 10 heteroatoms. The molecular formula is C22H14Br2ClF3N2O2. The van der Waals surface area contributed by atoms with Crippen molar-refractivity contribution >= 4 is 55.6 Å². The van der Waals surface area contributed by atoms with E-state index in [-0.39, 0.29) is 12.2 Å². The summed E-state index contributed by atoms with van der Waals surface area (Å²) in [7, 11) is 0. The standard InChI is InChI=1S/C22H14Br2ClF3N2O2/c23-17-8-13(9-18(24)20(17)32-12-15-4-1-2-7-19(15)25)11-29-30-21(31)14-5-3-6-16(10-14)22(26,27)28/h1-11H,12H2,(H,30,31)/b29-11-. The van der Waals surface area contributed by atoms with Gasteiger partial charge in [-0.2, -0.15) is 18.3 Å². The summed E-state index contributed by atoms with van der Waals surface area (Å²) in [5.41, 5.74) is 2.60. The summed E-state index contributed by atoms with van der Waals surface area (Å²) < 4.78 is 45.5. The van der Waals surface area contributed by atoms with Crippen LogP contribution in [-0.4, -0.2) is 12.1 Å². The van der Waals surface area contributed by atoms with Gasteiger partial charge in [0.05, 0.1) is 20.7 Å².